The van der Waals surface area contributed by atoms with E-state index in [4.69, 9.17) is 16.0 Å². The Balaban J connectivity index is 1.84. The van der Waals surface area contributed by atoms with Crippen LogP contribution in [0.1, 0.15) is 63.3 Å². The normalized spacial score (nSPS) is 14.1. The van der Waals surface area contributed by atoms with Gasteiger partial charge in [0.2, 0.25) is 0 Å². The SMILES string of the molecule is CC(C)CC[C@@H](CCN[C@H](C)c1ccc(Cl)cc1)c1ccco1. The minimum atomic E-state index is 0.328. The standard InChI is InChI=1S/C20H28ClNO/c1-15(2)6-7-18(20-5-4-14-23-20)12-13-22-16(3)17-8-10-19(21)11-9-17/h4-5,8-11,14-16,18,22H,6-7,12-13H2,1-3H3/t16-,18+/m1/s1. The Morgan fingerprint density at radius 2 is 1.74 bits per heavy atom. The minimum Gasteiger partial charge on any atom is -0.469 e. The first-order valence-electron chi connectivity index (χ1n) is 8.58. The van der Waals surface area contributed by atoms with Gasteiger partial charge in [-0.15, -0.1) is 0 Å². The van der Waals surface area contributed by atoms with Gasteiger partial charge in [0.15, 0.2) is 0 Å². The molecule has 0 aliphatic carbocycles. The van der Waals surface area contributed by atoms with Crippen molar-refractivity contribution in [2.75, 3.05) is 6.54 Å². The molecule has 0 saturated carbocycles. The van der Waals surface area contributed by atoms with Crippen molar-refractivity contribution in [1.29, 1.82) is 0 Å². The predicted molar refractivity (Wildman–Crippen MR) is 98.0 cm³/mol. The maximum Gasteiger partial charge on any atom is 0.106 e. The van der Waals surface area contributed by atoms with Crippen LogP contribution < -0.4 is 5.32 Å². The van der Waals surface area contributed by atoms with Crippen LogP contribution in [0.2, 0.25) is 5.02 Å². The van der Waals surface area contributed by atoms with Crippen molar-refractivity contribution < 1.29 is 4.42 Å². The number of furan rings is 1. The molecule has 0 saturated heterocycles. The first kappa shape index (κ1) is 18.1. The molecule has 2 nitrogen and oxygen atoms in total. The second-order valence-electron chi connectivity index (χ2n) is 6.70. The van der Waals surface area contributed by atoms with Crippen LogP contribution in [-0.2, 0) is 0 Å². The molecule has 0 unspecified atom stereocenters. The molecule has 0 aliphatic rings. The van der Waals surface area contributed by atoms with Crippen LogP contribution in [0, 0.1) is 5.92 Å². The van der Waals surface area contributed by atoms with E-state index in [1.807, 2.05) is 18.2 Å². The van der Waals surface area contributed by atoms with Gasteiger partial charge in [0, 0.05) is 17.0 Å². The molecule has 0 fully saturated rings. The molecule has 23 heavy (non-hydrogen) atoms. The smallest absolute Gasteiger partial charge is 0.106 e. The van der Waals surface area contributed by atoms with Crippen molar-refractivity contribution in [1.82, 2.24) is 5.32 Å². The highest BCUT2D eigenvalue weighted by Gasteiger charge is 2.15. The minimum absolute atomic E-state index is 0.328. The van der Waals surface area contributed by atoms with Crippen molar-refractivity contribution in [2.45, 2.75) is 52.0 Å². The maximum atomic E-state index is 5.95. The van der Waals surface area contributed by atoms with Gasteiger partial charge in [-0.3, -0.25) is 0 Å². The van der Waals surface area contributed by atoms with Crippen LogP contribution in [0.4, 0.5) is 0 Å². The Kier molecular flexibility index (Phi) is 7.19. The van der Waals surface area contributed by atoms with E-state index in [9.17, 15) is 0 Å². The maximum absolute atomic E-state index is 5.95. The Bertz CT molecular complexity index is 548. The number of benzene rings is 1. The molecule has 0 radical (unpaired) electrons. The van der Waals surface area contributed by atoms with Crippen molar-refractivity contribution in [3.63, 3.8) is 0 Å². The van der Waals surface area contributed by atoms with Crippen molar-refractivity contribution in [3.8, 4) is 0 Å². The van der Waals surface area contributed by atoms with Gasteiger partial charge in [-0.2, -0.15) is 0 Å². The van der Waals surface area contributed by atoms with Crippen molar-refractivity contribution >= 4 is 11.6 Å². The molecule has 2 rings (SSSR count). The molecule has 3 heteroatoms. The third kappa shape index (κ3) is 6.04. The zero-order valence-corrected chi connectivity index (χ0v) is 15.1. The number of halogens is 1. The van der Waals surface area contributed by atoms with Crippen LogP contribution in [0.25, 0.3) is 0 Å². The largest absolute Gasteiger partial charge is 0.469 e. The lowest BCUT2D eigenvalue weighted by atomic mass is 9.93. The van der Waals surface area contributed by atoms with Gasteiger partial charge in [0.05, 0.1) is 6.26 Å². The van der Waals surface area contributed by atoms with Gasteiger partial charge in [0.25, 0.3) is 0 Å². The van der Waals surface area contributed by atoms with Crippen LogP contribution in [0.5, 0.6) is 0 Å². The third-order valence-corrected chi connectivity index (χ3v) is 4.60. The van der Waals surface area contributed by atoms with E-state index in [0.29, 0.717) is 12.0 Å². The fourth-order valence-corrected chi connectivity index (χ4v) is 2.96. The number of nitrogens with one attached hydrogen (secondary N) is 1. The summed E-state index contributed by atoms with van der Waals surface area (Å²) >= 11 is 5.95. The molecular weight excluding hydrogens is 306 g/mol. The quantitative estimate of drug-likeness (QED) is 0.591. The summed E-state index contributed by atoms with van der Waals surface area (Å²) < 4.78 is 5.64. The fraction of sp³-hybridized carbons (Fsp3) is 0.500. The number of rotatable bonds is 9. The number of hydrogen-bond acceptors (Lipinski definition) is 2. The molecule has 0 spiro atoms. The molecule has 0 bridgehead atoms. The second-order valence-corrected chi connectivity index (χ2v) is 7.14. The summed E-state index contributed by atoms with van der Waals surface area (Å²) in [6.45, 7) is 7.73. The monoisotopic (exact) mass is 333 g/mol. The molecule has 126 valence electrons. The zero-order chi connectivity index (χ0) is 16.7. The first-order chi connectivity index (χ1) is 11.1. The summed E-state index contributed by atoms with van der Waals surface area (Å²) in [5.74, 6) is 2.34. The first-order valence-corrected chi connectivity index (χ1v) is 8.96. The zero-order valence-electron chi connectivity index (χ0n) is 14.4. The van der Waals surface area contributed by atoms with Crippen LogP contribution >= 0.6 is 11.6 Å². The topological polar surface area (TPSA) is 25.2 Å². The van der Waals surface area contributed by atoms with E-state index in [-0.39, 0.29) is 0 Å². The summed E-state index contributed by atoms with van der Waals surface area (Å²) in [5, 5.41) is 4.40. The predicted octanol–water partition coefficient (Wildman–Crippen LogP) is 6.19. The number of hydrogen-bond donors (Lipinski definition) is 1. The Morgan fingerprint density at radius 1 is 1.00 bits per heavy atom. The highest BCUT2D eigenvalue weighted by atomic mass is 35.5. The average Bonchev–Trinajstić information content (AvgIpc) is 3.05. The molecule has 0 amide bonds. The van der Waals surface area contributed by atoms with E-state index >= 15 is 0 Å². The van der Waals surface area contributed by atoms with E-state index in [1.54, 1.807) is 6.26 Å². The molecule has 0 aliphatic heterocycles. The van der Waals surface area contributed by atoms with Crippen LogP contribution in [0.3, 0.4) is 0 Å². The highest BCUT2D eigenvalue weighted by molar-refractivity contribution is 6.30. The lowest BCUT2D eigenvalue weighted by molar-refractivity contribution is 0.392. The lowest BCUT2D eigenvalue weighted by Gasteiger charge is -2.19. The second kappa shape index (κ2) is 9.14. The van der Waals surface area contributed by atoms with Gasteiger partial charge >= 0.3 is 0 Å². The average molecular weight is 334 g/mol. The Labute approximate surface area is 145 Å². The molecular formula is C20H28ClNO. The highest BCUT2D eigenvalue weighted by Crippen LogP contribution is 2.27. The van der Waals surface area contributed by atoms with Gasteiger partial charge in [-0.25, -0.2) is 0 Å². The molecule has 1 heterocycles. The van der Waals surface area contributed by atoms with Crippen LogP contribution in [-0.4, -0.2) is 6.54 Å². The van der Waals surface area contributed by atoms with Gasteiger partial charge < -0.3 is 9.73 Å². The molecule has 1 aromatic carbocycles. The Morgan fingerprint density at radius 3 is 2.35 bits per heavy atom. The molecule has 1 N–H and O–H groups in total. The van der Waals surface area contributed by atoms with Gasteiger partial charge in [-0.1, -0.05) is 44.0 Å². The summed E-state index contributed by atoms with van der Waals surface area (Å²) in [4.78, 5) is 0. The fourth-order valence-electron chi connectivity index (χ4n) is 2.83. The summed E-state index contributed by atoms with van der Waals surface area (Å²) in [7, 11) is 0. The third-order valence-electron chi connectivity index (χ3n) is 4.35. The van der Waals surface area contributed by atoms with Crippen molar-refractivity contribution in [2.24, 2.45) is 5.92 Å². The van der Waals surface area contributed by atoms with E-state index in [1.165, 1.54) is 18.4 Å². The van der Waals surface area contributed by atoms with Gasteiger partial charge in [-0.05, 0) is 62.1 Å². The Hall–Kier alpha value is -1.25. The van der Waals surface area contributed by atoms with E-state index in [0.717, 1.165) is 29.7 Å². The molecule has 1 aromatic heterocycles. The molecule has 2 atom stereocenters. The van der Waals surface area contributed by atoms with E-state index in [2.05, 4.69) is 44.3 Å². The van der Waals surface area contributed by atoms with Gasteiger partial charge in [0.1, 0.15) is 5.76 Å². The summed E-state index contributed by atoms with van der Waals surface area (Å²) in [5.41, 5.74) is 1.27. The lowest BCUT2D eigenvalue weighted by Crippen LogP contribution is -2.21. The van der Waals surface area contributed by atoms with Crippen molar-refractivity contribution in [3.05, 3.63) is 59.0 Å². The van der Waals surface area contributed by atoms with Crippen LogP contribution in [0.15, 0.2) is 47.1 Å². The molecule has 2 aromatic rings. The van der Waals surface area contributed by atoms with E-state index < -0.39 is 0 Å². The summed E-state index contributed by atoms with van der Waals surface area (Å²) in [6, 6.07) is 12.5. The summed E-state index contributed by atoms with van der Waals surface area (Å²) in [6.07, 6.45) is 5.29.